The highest BCUT2D eigenvalue weighted by atomic mass is 35.5. The van der Waals surface area contributed by atoms with E-state index in [0.29, 0.717) is 17.5 Å². The predicted molar refractivity (Wildman–Crippen MR) is 78.4 cm³/mol. The van der Waals surface area contributed by atoms with Gasteiger partial charge in [-0.15, -0.1) is 0 Å². The van der Waals surface area contributed by atoms with Gasteiger partial charge in [0, 0.05) is 17.0 Å². The van der Waals surface area contributed by atoms with E-state index in [1.54, 1.807) is 0 Å². The number of nitrogens with two attached hydrogens (primary N) is 1. The second-order valence-corrected chi connectivity index (χ2v) is 5.46. The van der Waals surface area contributed by atoms with E-state index in [4.69, 9.17) is 26.5 Å². The van der Waals surface area contributed by atoms with Crippen molar-refractivity contribution in [3.63, 3.8) is 0 Å². The van der Waals surface area contributed by atoms with Gasteiger partial charge in [-0.2, -0.15) is 0 Å². The van der Waals surface area contributed by atoms with Gasteiger partial charge in [-0.3, -0.25) is 0 Å². The van der Waals surface area contributed by atoms with E-state index in [2.05, 4.69) is 13.8 Å². The van der Waals surface area contributed by atoms with Crippen LogP contribution < -0.4 is 5.73 Å². The minimum Gasteiger partial charge on any atom is -0.459 e. The molecule has 1 aromatic heterocycles. The molecule has 3 nitrogen and oxygen atoms in total. The van der Waals surface area contributed by atoms with Crippen molar-refractivity contribution in [1.82, 2.24) is 0 Å². The molecule has 19 heavy (non-hydrogen) atoms. The van der Waals surface area contributed by atoms with Crippen molar-refractivity contribution in [3.8, 4) is 0 Å². The smallest absolute Gasteiger partial charge is 0.134 e. The minimum absolute atomic E-state index is 0.0546. The molecule has 0 bridgehead atoms. The minimum atomic E-state index is -0.272. The Morgan fingerprint density at radius 3 is 2.68 bits per heavy atom. The van der Waals surface area contributed by atoms with E-state index in [1.165, 1.54) is 0 Å². The van der Waals surface area contributed by atoms with E-state index in [9.17, 15) is 0 Å². The zero-order valence-electron chi connectivity index (χ0n) is 11.5. The fourth-order valence-electron chi connectivity index (χ4n) is 2.26. The number of benzene rings is 1. The SMILES string of the molecule is CCOC(C(C)C)C(N)c1cc2cc(Cl)ccc2o1. The molecular weight excluding hydrogens is 262 g/mol. The number of hydrogen-bond donors (Lipinski definition) is 1. The van der Waals surface area contributed by atoms with Gasteiger partial charge >= 0.3 is 0 Å². The first kappa shape index (κ1) is 14.4. The molecule has 0 saturated carbocycles. The summed E-state index contributed by atoms with van der Waals surface area (Å²) in [6.45, 7) is 6.81. The van der Waals surface area contributed by atoms with E-state index in [-0.39, 0.29) is 12.1 Å². The van der Waals surface area contributed by atoms with E-state index < -0.39 is 0 Å². The molecular formula is C15H20ClNO2. The Morgan fingerprint density at radius 1 is 1.32 bits per heavy atom. The van der Waals surface area contributed by atoms with Crippen molar-refractivity contribution in [2.45, 2.75) is 32.9 Å². The lowest BCUT2D eigenvalue weighted by Crippen LogP contribution is -2.33. The van der Waals surface area contributed by atoms with Gasteiger partial charge in [0.25, 0.3) is 0 Å². The number of ether oxygens (including phenoxy) is 1. The van der Waals surface area contributed by atoms with Crippen LogP contribution in [0.1, 0.15) is 32.6 Å². The maximum Gasteiger partial charge on any atom is 0.134 e. The van der Waals surface area contributed by atoms with Crippen LogP contribution in [0.2, 0.25) is 5.02 Å². The highest BCUT2D eigenvalue weighted by molar-refractivity contribution is 6.31. The molecule has 1 heterocycles. The molecule has 2 rings (SSSR count). The summed E-state index contributed by atoms with van der Waals surface area (Å²) in [5.41, 5.74) is 7.08. The molecule has 2 N–H and O–H groups in total. The molecule has 0 fully saturated rings. The van der Waals surface area contributed by atoms with E-state index in [0.717, 1.165) is 16.7 Å². The first-order valence-corrected chi connectivity index (χ1v) is 6.97. The lowest BCUT2D eigenvalue weighted by Gasteiger charge is -2.25. The average Bonchev–Trinajstić information content (AvgIpc) is 2.77. The third kappa shape index (κ3) is 3.11. The fourth-order valence-corrected chi connectivity index (χ4v) is 2.44. The summed E-state index contributed by atoms with van der Waals surface area (Å²) in [4.78, 5) is 0. The van der Waals surface area contributed by atoms with Gasteiger partial charge in [0.2, 0.25) is 0 Å². The number of fused-ring (bicyclic) bond motifs is 1. The molecule has 0 aliphatic rings. The van der Waals surface area contributed by atoms with Gasteiger partial charge in [-0.05, 0) is 37.1 Å². The van der Waals surface area contributed by atoms with Gasteiger partial charge in [-0.1, -0.05) is 25.4 Å². The normalized spacial score (nSPS) is 15.1. The van der Waals surface area contributed by atoms with Crippen LogP contribution in [-0.4, -0.2) is 12.7 Å². The summed E-state index contributed by atoms with van der Waals surface area (Å²) in [6, 6.07) is 7.22. The highest BCUT2D eigenvalue weighted by Gasteiger charge is 2.26. The quantitative estimate of drug-likeness (QED) is 0.896. The lowest BCUT2D eigenvalue weighted by molar-refractivity contribution is 0.00794. The Morgan fingerprint density at radius 2 is 2.05 bits per heavy atom. The van der Waals surface area contributed by atoms with Crippen LogP contribution in [0.3, 0.4) is 0 Å². The largest absolute Gasteiger partial charge is 0.459 e. The standard InChI is InChI=1S/C15H20ClNO2/c1-4-18-15(9(2)3)14(17)13-8-10-7-11(16)5-6-12(10)19-13/h5-9,14-15H,4,17H2,1-3H3. The maximum absolute atomic E-state index is 6.28. The van der Waals surface area contributed by atoms with Crippen LogP contribution in [-0.2, 0) is 4.74 Å². The molecule has 104 valence electrons. The van der Waals surface area contributed by atoms with Gasteiger partial charge in [0.15, 0.2) is 0 Å². The second-order valence-electron chi connectivity index (χ2n) is 5.02. The first-order chi connectivity index (χ1) is 9.02. The molecule has 0 aliphatic carbocycles. The zero-order chi connectivity index (χ0) is 14.0. The third-order valence-corrected chi connectivity index (χ3v) is 3.43. The summed E-state index contributed by atoms with van der Waals surface area (Å²) in [5.74, 6) is 1.07. The third-order valence-electron chi connectivity index (χ3n) is 3.20. The average molecular weight is 282 g/mol. The number of rotatable bonds is 5. The summed E-state index contributed by atoms with van der Waals surface area (Å²) in [5, 5.41) is 1.66. The summed E-state index contributed by atoms with van der Waals surface area (Å²) >= 11 is 5.97. The van der Waals surface area contributed by atoms with E-state index >= 15 is 0 Å². The summed E-state index contributed by atoms with van der Waals surface area (Å²) in [6.07, 6.45) is -0.0546. The van der Waals surface area contributed by atoms with Gasteiger partial charge < -0.3 is 14.9 Å². The zero-order valence-corrected chi connectivity index (χ0v) is 12.3. The van der Waals surface area contributed by atoms with Gasteiger partial charge in [-0.25, -0.2) is 0 Å². The fraction of sp³-hybridized carbons (Fsp3) is 0.467. The summed E-state index contributed by atoms with van der Waals surface area (Å²) < 4.78 is 11.5. The molecule has 0 spiro atoms. The summed E-state index contributed by atoms with van der Waals surface area (Å²) in [7, 11) is 0. The maximum atomic E-state index is 6.28. The Kier molecular flexibility index (Phi) is 4.50. The molecule has 2 atom stereocenters. The van der Waals surface area contributed by atoms with E-state index in [1.807, 2.05) is 31.2 Å². The number of furan rings is 1. The van der Waals surface area contributed by atoms with Crippen molar-refractivity contribution in [3.05, 3.63) is 35.0 Å². The van der Waals surface area contributed by atoms with Crippen molar-refractivity contribution >= 4 is 22.6 Å². The molecule has 0 aliphatic heterocycles. The Hall–Kier alpha value is -1.03. The molecule has 2 aromatic rings. The number of halogens is 1. The van der Waals surface area contributed by atoms with Crippen LogP contribution in [0.5, 0.6) is 0 Å². The Balaban J connectivity index is 2.31. The van der Waals surface area contributed by atoms with Crippen molar-refractivity contribution in [2.75, 3.05) is 6.61 Å². The first-order valence-electron chi connectivity index (χ1n) is 6.59. The molecule has 1 aromatic carbocycles. The van der Waals surface area contributed by atoms with Gasteiger partial charge in [0.1, 0.15) is 11.3 Å². The van der Waals surface area contributed by atoms with Gasteiger partial charge in [0.05, 0.1) is 12.1 Å². The van der Waals surface area contributed by atoms with Crippen LogP contribution >= 0.6 is 11.6 Å². The topological polar surface area (TPSA) is 48.4 Å². The monoisotopic (exact) mass is 281 g/mol. The second kappa shape index (κ2) is 5.95. The molecule has 0 amide bonds. The number of hydrogen-bond acceptors (Lipinski definition) is 3. The molecule has 2 unspecified atom stereocenters. The van der Waals surface area contributed by atoms with Crippen molar-refractivity contribution < 1.29 is 9.15 Å². The lowest BCUT2D eigenvalue weighted by atomic mass is 9.98. The van der Waals surface area contributed by atoms with Crippen LogP contribution in [0.4, 0.5) is 0 Å². The predicted octanol–water partition coefficient (Wildman–Crippen LogP) is 4.15. The van der Waals surface area contributed by atoms with Crippen LogP contribution in [0, 0.1) is 5.92 Å². The highest BCUT2D eigenvalue weighted by Crippen LogP contribution is 2.29. The van der Waals surface area contributed by atoms with Crippen molar-refractivity contribution in [1.29, 1.82) is 0 Å². The Bertz CT molecular complexity index is 550. The Labute approximate surface area is 118 Å². The molecule has 0 radical (unpaired) electrons. The van der Waals surface area contributed by atoms with Crippen LogP contribution in [0.25, 0.3) is 11.0 Å². The van der Waals surface area contributed by atoms with Crippen LogP contribution in [0.15, 0.2) is 28.7 Å². The molecule has 4 heteroatoms. The molecule has 0 saturated heterocycles. The van der Waals surface area contributed by atoms with Crippen molar-refractivity contribution in [2.24, 2.45) is 11.7 Å².